The summed E-state index contributed by atoms with van der Waals surface area (Å²) in [7, 11) is 0. The fourth-order valence-corrected chi connectivity index (χ4v) is 5.67. The van der Waals surface area contributed by atoms with Gasteiger partial charge in [0, 0.05) is 43.2 Å². The summed E-state index contributed by atoms with van der Waals surface area (Å²) in [4.78, 5) is 36.2. The minimum Gasteiger partial charge on any atom is -0.454 e. The van der Waals surface area contributed by atoms with E-state index >= 15 is 0 Å². The topological polar surface area (TPSA) is 111 Å². The summed E-state index contributed by atoms with van der Waals surface area (Å²) in [5.41, 5.74) is 12.6. The van der Waals surface area contributed by atoms with Crippen molar-refractivity contribution in [3.8, 4) is 22.8 Å². The molecule has 5 aromatic rings. The molecule has 0 saturated carbocycles. The summed E-state index contributed by atoms with van der Waals surface area (Å²) in [5.74, 6) is 0.663. The first-order valence-corrected chi connectivity index (χ1v) is 13.0. The minimum absolute atomic E-state index is 0.133. The number of aryl methyl sites for hydroxylation is 2. The Morgan fingerprint density at radius 2 is 1.79 bits per heavy atom. The Hall–Kier alpha value is -4.63. The minimum atomic E-state index is -0.582. The Kier molecular flexibility index (Phi) is 5.41. The van der Waals surface area contributed by atoms with Gasteiger partial charge in [-0.25, -0.2) is 9.78 Å². The fraction of sp³-hybridized carbons (Fsp3) is 0.233. The molecule has 9 nitrogen and oxygen atoms in total. The lowest BCUT2D eigenvalue weighted by atomic mass is 10.1. The third kappa shape index (κ3) is 3.93. The number of carbonyl (C=O) groups is 1. The summed E-state index contributed by atoms with van der Waals surface area (Å²) < 4.78 is 14.5. The second-order valence-corrected chi connectivity index (χ2v) is 10.0. The maximum atomic E-state index is 13.9. The van der Waals surface area contributed by atoms with Crippen LogP contribution in [-0.4, -0.2) is 27.0 Å². The highest BCUT2D eigenvalue weighted by Gasteiger charge is 2.24. The molecule has 0 unspecified atom stereocenters. The van der Waals surface area contributed by atoms with Gasteiger partial charge in [-0.2, -0.15) is 0 Å². The van der Waals surface area contributed by atoms with Crippen molar-refractivity contribution in [2.45, 2.75) is 39.3 Å². The first-order valence-electron chi connectivity index (χ1n) is 13.0. The van der Waals surface area contributed by atoms with E-state index in [9.17, 15) is 9.59 Å². The van der Waals surface area contributed by atoms with E-state index < -0.39 is 11.5 Å². The normalized spacial score (nSPS) is 13.8. The van der Waals surface area contributed by atoms with Gasteiger partial charge in [-0.05, 0) is 59.7 Å². The molecule has 0 atom stereocenters. The molecule has 3 heterocycles. The lowest BCUT2D eigenvalue weighted by Crippen LogP contribution is -2.31. The average Bonchev–Trinajstić information content (AvgIpc) is 3.66. The van der Waals surface area contributed by atoms with Gasteiger partial charge < -0.3 is 24.6 Å². The number of carbonyl (C=O) groups excluding carboxylic acids is 1. The highest BCUT2D eigenvalue weighted by Crippen LogP contribution is 2.40. The quantitative estimate of drug-likeness (QED) is 0.375. The Morgan fingerprint density at radius 1 is 1.03 bits per heavy atom. The van der Waals surface area contributed by atoms with Gasteiger partial charge >= 0.3 is 11.5 Å². The molecule has 2 aromatic heterocycles. The van der Waals surface area contributed by atoms with Crippen LogP contribution in [0.5, 0.6) is 11.5 Å². The van der Waals surface area contributed by atoms with Gasteiger partial charge in [-0.15, -0.1) is 4.73 Å². The summed E-state index contributed by atoms with van der Waals surface area (Å²) in [6, 6.07) is 15.8. The molecule has 39 heavy (non-hydrogen) atoms. The molecule has 1 aliphatic carbocycles. The summed E-state index contributed by atoms with van der Waals surface area (Å²) in [6.45, 7) is 2.41. The molecular formula is C30H26N4O5. The number of ether oxygens (including phenoxy) is 2. The van der Waals surface area contributed by atoms with Gasteiger partial charge in [-0.1, -0.05) is 24.3 Å². The van der Waals surface area contributed by atoms with Crippen molar-refractivity contribution in [2.24, 2.45) is 5.73 Å². The number of fused-ring (bicyclic) bond motifs is 4. The molecule has 0 radical (unpaired) electrons. The van der Waals surface area contributed by atoms with Crippen LogP contribution in [0, 0.1) is 0 Å². The lowest BCUT2D eigenvalue weighted by molar-refractivity contribution is -0.141. The van der Waals surface area contributed by atoms with E-state index in [1.165, 1.54) is 12.5 Å². The highest BCUT2D eigenvalue weighted by molar-refractivity contribution is 5.98. The zero-order valence-corrected chi connectivity index (χ0v) is 21.4. The van der Waals surface area contributed by atoms with E-state index in [1.54, 1.807) is 0 Å². The monoisotopic (exact) mass is 522 g/mol. The maximum Gasteiger partial charge on any atom is 0.330 e. The van der Waals surface area contributed by atoms with Gasteiger partial charge in [-0.3, -0.25) is 4.79 Å². The van der Waals surface area contributed by atoms with Gasteiger partial charge in [0.05, 0.1) is 11.0 Å². The van der Waals surface area contributed by atoms with E-state index in [4.69, 9.17) is 25.0 Å². The second kappa shape index (κ2) is 8.99. The van der Waals surface area contributed by atoms with Crippen LogP contribution in [-0.2, 0) is 30.7 Å². The number of aromatic nitrogens is 3. The van der Waals surface area contributed by atoms with Crippen LogP contribution in [0.25, 0.3) is 33.2 Å². The van der Waals surface area contributed by atoms with E-state index in [0.717, 1.165) is 51.6 Å². The van der Waals surface area contributed by atoms with Crippen molar-refractivity contribution in [1.29, 1.82) is 0 Å². The van der Waals surface area contributed by atoms with Crippen LogP contribution in [0.4, 0.5) is 0 Å². The summed E-state index contributed by atoms with van der Waals surface area (Å²) in [6.07, 6.45) is 4.84. The first kappa shape index (κ1) is 23.5. The largest absolute Gasteiger partial charge is 0.454 e. The third-order valence-electron chi connectivity index (χ3n) is 7.46. The van der Waals surface area contributed by atoms with E-state index in [2.05, 4.69) is 10.6 Å². The average molecular weight is 523 g/mol. The van der Waals surface area contributed by atoms with Crippen LogP contribution in [0.1, 0.15) is 35.6 Å². The Bertz CT molecular complexity index is 1870. The van der Waals surface area contributed by atoms with Gasteiger partial charge in [0.15, 0.2) is 11.5 Å². The van der Waals surface area contributed by atoms with Crippen molar-refractivity contribution in [3.63, 3.8) is 0 Å². The molecule has 7 rings (SSSR count). The summed E-state index contributed by atoms with van der Waals surface area (Å²) in [5, 5.41) is 0.786. The zero-order valence-electron chi connectivity index (χ0n) is 21.4. The molecular weight excluding hydrogens is 496 g/mol. The fourth-order valence-electron chi connectivity index (χ4n) is 5.67. The summed E-state index contributed by atoms with van der Waals surface area (Å²) >= 11 is 0. The second-order valence-electron chi connectivity index (χ2n) is 10.0. The van der Waals surface area contributed by atoms with Crippen LogP contribution in [0.3, 0.4) is 0 Å². The van der Waals surface area contributed by atoms with Crippen LogP contribution >= 0.6 is 0 Å². The van der Waals surface area contributed by atoms with Crippen LogP contribution in [0.15, 0.2) is 59.5 Å². The molecule has 0 spiro atoms. The number of hydrogen-bond acceptors (Lipinski definition) is 7. The van der Waals surface area contributed by atoms with Crippen LogP contribution in [0.2, 0.25) is 0 Å². The Labute approximate surface area is 223 Å². The standard InChI is InChI=1S/C30H26N4O5/c1-17(35)39-34-26-10-21-7-3-6-20(21)9-24(26)32-29(30(34)36)23-15-33(14-19-5-2-4-18(8-19)13-31)25-12-28-27(11-22(23)25)37-16-38-28/h2,4-5,8-12,15H,3,6-7,13-14,16,31H2,1H3. The molecule has 2 N–H and O–H groups in total. The molecule has 0 amide bonds. The van der Waals surface area contributed by atoms with E-state index in [-0.39, 0.29) is 12.5 Å². The molecule has 1 aliphatic heterocycles. The van der Waals surface area contributed by atoms with Gasteiger partial charge in [0.2, 0.25) is 6.79 Å². The number of nitrogens with two attached hydrogens (primary N) is 1. The van der Waals surface area contributed by atoms with Crippen molar-refractivity contribution in [2.75, 3.05) is 6.79 Å². The van der Waals surface area contributed by atoms with E-state index in [1.807, 2.05) is 48.7 Å². The Morgan fingerprint density at radius 3 is 2.59 bits per heavy atom. The molecule has 2 aliphatic rings. The number of benzene rings is 3. The molecule has 3 aromatic carbocycles. The van der Waals surface area contributed by atoms with Gasteiger partial charge in [0.1, 0.15) is 11.2 Å². The first-order chi connectivity index (χ1) is 19.0. The SMILES string of the molecule is CC(=O)On1c(=O)c(-c2cn(Cc3cccc(CN)c3)c3cc4c(cc23)OCO4)nc2cc3c(cc21)CCC3. The molecule has 0 saturated heterocycles. The number of rotatable bonds is 5. The van der Waals surface area contributed by atoms with Crippen molar-refractivity contribution in [3.05, 3.63) is 87.3 Å². The van der Waals surface area contributed by atoms with Crippen molar-refractivity contribution >= 4 is 27.9 Å². The van der Waals surface area contributed by atoms with E-state index in [0.29, 0.717) is 41.2 Å². The number of hydrogen-bond donors (Lipinski definition) is 1. The predicted octanol–water partition coefficient (Wildman–Crippen LogP) is 3.72. The molecule has 9 heteroatoms. The molecule has 0 bridgehead atoms. The zero-order chi connectivity index (χ0) is 26.7. The molecule has 0 fully saturated rings. The van der Waals surface area contributed by atoms with Crippen molar-refractivity contribution in [1.82, 2.24) is 14.3 Å². The maximum absolute atomic E-state index is 13.9. The highest BCUT2D eigenvalue weighted by atomic mass is 16.7. The van der Waals surface area contributed by atoms with Gasteiger partial charge in [0.25, 0.3) is 0 Å². The number of nitrogens with zero attached hydrogens (tertiary/aromatic N) is 3. The predicted molar refractivity (Wildman–Crippen MR) is 146 cm³/mol. The smallest absolute Gasteiger partial charge is 0.330 e. The van der Waals surface area contributed by atoms with Crippen molar-refractivity contribution < 1.29 is 19.1 Å². The third-order valence-corrected chi connectivity index (χ3v) is 7.46. The molecule has 196 valence electrons. The lowest BCUT2D eigenvalue weighted by Gasteiger charge is -2.12. The Balaban J connectivity index is 1.47. The van der Waals surface area contributed by atoms with Crippen LogP contribution < -0.4 is 25.6 Å².